The number of hydrogen-bond acceptors (Lipinski definition) is 2. The number of rotatable bonds is 0. The van der Waals surface area contributed by atoms with Gasteiger partial charge in [-0.1, -0.05) is 72.8 Å². The maximum Gasteiger partial charge on any atom is 0.116 e. The summed E-state index contributed by atoms with van der Waals surface area (Å²) in [5, 5.41) is 33.2. The molecule has 0 radical (unpaired) electrons. The van der Waals surface area contributed by atoms with Crippen molar-refractivity contribution in [2.75, 3.05) is 0 Å². The largest absolute Gasteiger partial charge is 0.872 e. The molecule has 6 rings (SSSR count). The Morgan fingerprint density at radius 3 is 1.54 bits per heavy atom. The molecule has 0 aliphatic carbocycles. The summed E-state index contributed by atoms with van der Waals surface area (Å²) in [6, 6.07) is 27.5. The Bertz CT molecular complexity index is 1460. The van der Waals surface area contributed by atoms with Crippen LogP contribution in [0.5, 0.6) is 11.5 Å². The first-order chi connectivity index (χ1) is 13.7. The normalized spacial score (nSPS) is 11.9. The van der Waals surface area contributed by atoms with E-state index in [4.69, 9.17) is 0 Å². The van der Waals surface area contributed by atoms with E-state index in [-0.39, 0.29) is 11.5 Å². The average molecular weight is 359 g/mol. The van der Waals surface area contributed by atoms with Crippen molar-refractivity contribution in [1.29, 1.82) is 0 Å². The van der Waals surface area contributed by atoms with Crippen LogP contribution in [0.25, 0.3) is 53.9 Å². The number of phenolic OH excluding ortho intramolecular Hbond substituents is 1. The van der Waals surface area contributed by atoms with Gasteiger partial charge in [-0.2, -0.15) is 0 Å². The van der Waals surface area contributed by atoms with Crippen LogP contribution in [-0.2, 0) is 0 Å². The summed E-state index contributed by atoms with van der Waals surface area (Å²) in [5.41, 5.74) is 0. The fraction of sp³-hybridized carbons (Fsp3) is 0. The molecule has 0 unspecified atom stereocenters. The number of fused-ring (bicyclic) bond motifs is 11. The molecule has 0 aromatic heterocycles. The fourth-order valence-electron chi connectivity index (χ4n) is 4.64. The predicted octanol–water partition coefficient (Wildman–Crippen LogP) is 6.23. The van der Waals surface area contributed by atoms with E-state index in [1.165, 1.54) is 0 Å². The maximum atomic E-state index is 12.1. The molecule has 0 aliphatic heterocycles. The van der Waals surface area contributed by atoms with E-state index in [0.29, 0.717) is 0 Å². The van der Waals surface area contributed by atoms with E-state index < -0.39 is 0 Å². The van der Waals surface area contributed by atoms with Crippen LogP contribution in [0.2, 0.25) is 0 Å². The van der Waals surface area contributed by atoms with Crippen molar-refractivity contribution in [3.63, 3.8) is 0 Å². The quantitative estimate of drug-likeness (QED) is 0.327. The molecule has 2 heteroatoms. The first-order valence-corrected chi connectivity index (χ1v) is 9.31. The van der Waals surface area contributed by atoms with Gasteiger partial charge in [-0.25, -0.2) is 0 Å². The van der Waals surface area contributed by atoms with Crippen molar-refractivity contribution in [3.8, 4) is 11.5 Å². The van der Waals surface area contributed by atoms with Gasteiger partial charge >= 0.3 is 0 Å². The predicted molar refractivity (Wildman–Crippen MR) is 115 cm³/mol. The van der Waals surface area contributed by atoms with Gasteiger partial charge in [-0.15, -0.1) is 5.75 Å². The Morgan fingerprint density at radius 1 is 0.464 bits per heavy atom. The minimum Gasteiger partial charge on any atom is -0.872 e. The van der Waals surface area contributed by atoms with Crippen LogP contribution in [0, 0.1) is 0 Å². The molecule has 0 bridgehead atoms. The number of aromatic hydroxyl groups is 1. The third-order valence-electron chi connectivity index (χ3n) is 5.76. The Labute approximate surface area is 160 Å². The van der Waals surface area contributed by atoms with E-state index in [9.17, 15) is 10.2 Å². The van der Waals surface area contributed by atoms with Crippen molar-refractivity contribution < 1.29 is 10.2 Å². The minimum absolute atomic E-state index is 0.0204. The van der Waals surface area contributed by atoms with Crippen molar-refractivity contribution in [1.82, 2.24) is 0 Å². The van der Waals surface area contributed by atoms with Crippen molar-refractivity contribution in [2.24, 2.45) is 0 Å². The van der Waals surface area contributed by atoms with E-state index in [0.717, 1.165) is 53.9 Å². The van der Waals surface area contributed by atoms with E-state index in [2.05, 4.69) is 24.3 Å². The van der Waals surface area contributed by atoms with Crippen LogP contribution in [0.3, 0.4) is 0 Å². The molecule has 0 atom stereocenters. The highest BCUT2D eigenvalue weighted by molar-refractivity contribution is 6.39. The molecule has 132 valence electrons. The summed E-state index contributed by atoms with van der Waals surface area (Å²) < 4.78 is 0. The molecule has 1 N–H and O–H groups in total. The van der Waals surface area contributed by atoms with Crippen molar-refractivity contribution in [3.05, 3.63) is 84.9 Å². The highest BCUT2D eigenvalue weighted by atomic mass is 16.3. The van der Waals surface area contributed by atoms with E-state index in [1.807, 2.05) is 42.5 Å². The van der Waals surface area contributed by atoms with Gasteiger partial charge in [0.05, 0.1) is 0 Å². The second-order valence-electron chi connectivity index (χ2n) is 7.28. The molecule has 0 fully saturated rings. The second kappa shape index (κ2) is 5.37. The van der Waals surface area contributed by atoms with Crippen LogP contribution < -0.4 is 5.11 Å². The van der Waals surface area contributed by atoms with E-state index in [1.54, 1.807) is 18.2 Å². The summed E-state index contributed by atoms with van der Waals surface area (Å²) in [7, 11) is 0. The molecule has 2 nitrogen and oxygen atoms in total. The van der Waals surface area contributed by atoms with Gasteiger partial charge in [0, 0.05) is 0 Å². The summed E-state index contributed by atoms with van der Waals surface area (Å²) in [6.45, 7) is 0. The van der Waals surface area contributed by atoms with Crippen molar-refractivity contribution in [2.45, 2.75) is 0 Å². The van der Waals surface area contributed by atoms with Gasteiger partial charge in [0.1, 0.15) is 5.75 Å². The van der Waals surface area contributed by atoms with Gasteiger partial charge in [0.25, 0.3) is 0 Å². The van der Waals surface area contributed by atoms with Crippen LogP contribution in [0.1, 0.15) is 0 Å². The number of benzene rings is 6. The van der Waals surface area contributed by atoms with Gasteiger partial charge in [0.15, 0.2) is 0 Å². The lowest BCUT2D eigenvalue weighted by Gasteiger charge is -2.17. The molecular weight excluding hydrogens is 344 g/mol. The average Bonchev–Trinajstić information content (AvgIpc) is 2.73. The summed E-state index contributed by atoms with van der Waals surface area (Å²) in [6.07, 6.45) is 0. The smallest absolute Gasteiger partial charge is 0.116 e. The molecule has 0 saturated heterocycles. The van der Waals surface area contributed by atoms with Gasteiger partial charge < -0.3 is 10.2 Å². The first-order valence-electron chi connectivity index (χ1n) is 9.31. The Hall–Kier alpha value is -3.78. The highest BCUT2D eigenvalue weighted by Gasteiger charge is 2.15. The Morgan fingerprint density at radius 2 is 0.929 bits per heavy atom. The molecule has 6 aromatic rings. The summed E-state index contributed by atoms with van der Waals surface area (Å²) >= 11 is 0. The highest BCUT2D eigenvalue weighted by Crippen LogP contribution is 2.44. The fourth-order valence-corrected chi connectivity index (χ4v) is 4.64. The SMILES string of the molecule is [O-]c1ccc2c(c1)c1ccccc1c1c3ccc(O)cc3c3ccccc3c21. The maximum absolute atomic E-state index is 12.1. The van der Waals surface area contributed by atoms with Gasteiger partial charge in [0.2, 0.25) is 0 Å². The van der Waals surface area contributed by atoms with Crippen LogP contribution in [-0.4, -0.2) is 5.11 Å². The number of phenols is 1. The molecule has 28 heavy (non-hydrogen) atoms. The molecule has 6 aromatic carbocycles. The van der Waals surface area contributed by atoms with E-state index >= 15 is 0 Å². The zero-order valence-electron chi connectivity index (χ0n) is 14.9. The Balaban J connectivity index is 2.10. The third kappa shape index (κ3) is 1.92. The second-order valence-corrected chi connectivity index (χ2v) is 7.28. The first kappa shape index (κ1) is 15.3. The van der Waals surface area contributed by atoms with Crippen LogP contribution in [0.15, 0.2) is 84.9 Å². The topological polar surface area (TPSA) is 43.3 Å². The van der Waals surface area contributed by atoms with Crippen LogP contribution >= 0.6 is 0 Å². The zero-order chi connectivity index (χ0) is 18.8. The molecule has 0 aliphatic rings. The van der Waals surface area contributed by atoms with Gasteiger partial charge in [-0.05, 0) is 66.0 Å². The summed E-state index contributed by atoms with van der Waals surface area (Å²) in [5.74, 6) is 0.283. The minimum atomic E-state index is 0.0204. The third-order valence-corrected chi connectivity index (χ3v) is 5.76. The molecule has 0 saturated carbocycles. The monoisotopic (exact) mass is 359 g/mol. The lowest BCUT2D eigenvalue weighted by Crippen LogP contribution is -1.91. The molecule has 0 amide bonds. The lowest BCUT2D eigenvalue weighted by atomic mass is 9.87. The summed E-state index contributed by atoms with van der Waals surface area (Å²) in [4.78, 5) is 0. The molecule has 0 heterocycles. The van der Waals surface area contributed by atoms with Gasteiger partial charge in [-0.3, -0.25) is 0 Å². The standard InChI is InChI=1S/C26H16O2/c27-15-9-11-21-23(13-15)17-5-1-3-7-19(17)25-22-12-10-16(28)14-24(22)18-6-2-4-8-20(18)26(21)25/h1-14,27-28H/p-1. The van der Waals surface area contributed by atoms with Crippen LogP contribution in [0.4, 0.5) is 0 Å². The molecular formula is C26H15O2-. The van der Waals surface area contributed by atoms with Crippen molar-refractivity contribution >= 4 is 53.9 Å². The lowest BCUT2D eigenvalue weighted by molar-refractivity contribution is -0.268. The molecule has 0 spiro atoms. The number of hydrogen-bond donors (Lipinski definition) is 1. The Kier molecular flexibility index (Phi) is 2.93. The zero-order valence-corrected chi connectivity index (χ0v) is 14.9.